The highest BCUT2D eigenvalue weighted by Gasteiger charge is 2.24. The van der Waals surface area contributed by atoms with Gasteiger partial charge in [0.25, 0.3) is 20.3 Å². The summed E-state index contributed by atoms with van der Waals surface area (Å²) in [5.41, 5.74) is 0.814. The second kappa shape index (κ2) is 44.3. The molecule has 8 N–H and O–H groups in total. The second-order valence-electron chi connectivity index (χ2n) is 17.4. The highest BCUT2D eigenvalue weighted by atomic mass is 17.0. The van der Waals surface area contributed by atoms with Crippen LogP contribution in [0.3, 0.4) is 0 Å². The van der Waals surface area contributed by atoms with Crippen molar-refractivity contribution in [2.75, 3.05) is 39.6 Å². The van der Waals surface area contributed by atoms with Gasteiger partial charge in [0.2, 0.25) is 5.91 Å². The number of hydrogen-bond donors (Lipinski definition) is 8. The van der Waals surface area contributed by atoms with Gasteiger partial charge in [-0.2, -0.15) is 0 Å². The lowest BCUT2D eigenvalue weighted by atomic mass is 10.0. The maximum Gasteiger partial charge on any atom is 0.413 e. The summed E-state index contributed by atoms with van der Waals surface area (Å²) in [7, 11) is 0. The summed E-state index contributed by atoms with van der Waals surface area (Å²) in [6, 6.07) is 2.66. The van der Waals surface area contributed by atoms with E-state index in [0.29, 0.717) is 38.5 Å². The number of carboxylic acid groups (broad SMARTS) is 4. The molecule has 1 rings (SSSR count). The third kappa shape index (κ3) is 48.6. The van der Waals surface area contributed by atoms with Gasteiger partial charge in [0, 0.05) is 12.8 Å². The van der Waals surface area contributed by atoms with Crippen molar-refractivity contribution < 1.29 is 113 Å². The summed E-state index contributed by atoms with van der Waals surface area (Å²) < 4.78 is 14.6. The van der Waals surface area contributed by atoms with E-state index in [1.54, 1.807) is 24.3 Å². The molecule has 0 aliphatic rings. The summed E-state index contributed by atoms with van der Waals surface area (Å²) in [5.74, 6) is -4.39. The number of amides is 4. The molecule has 4 amide bonds. The number of aryl methyl sites for hydroxylation is 1. The number of benzene rings is 1. The normalized spacial score (nSPS) is 11.7. The molecule has 4 atom stereocenters. The fourth-order valence-corrected chi connectivity index (χ4v) is 5.52. The number of aliphatic carboxylic acids is 4. The SMILES string of the molecule is CC(C)CC(NC(=O)OCCCCO[N+](=O)[O-])C(=O)O.CC(C)CC(NC(=O)OCCCO[N+](=O)[O-])C(=O)O.CC(C)CC(NC(=O)Oc1cccc(CCCO[N+](=O)[O-])c1)C(=O)O.CC(NC(=O)CCCO[N+](=O)[O-])C(=O)O. The first-order valence-electron chi connectivity index (χ1n) is 24.1. The van der Waals surface area contributed by atoms with E-state index < -0.39 is 92.6 Å². The number of unbranched alkanes of at least 4 members (excludes halogenated alkanes) is 1. The van der Waals surface area contributed by atoms with Gasteiger partial charge in [0.05, 0.1) is 39.6 Å². The van der Waals surface area contributed by atoms with Crippen molar-refractivity contribution in [3.8, 4) is 5.75 Å². The van der Waals surface area contributed by atoms with Crippen molar-refractivity contribution in [3.05, 3.63) is 70.3 Å². The lowest BCUT2D eigenvalue weighted by Gasteiger charge is -2.16. The molecule has 1 aromatic carbocycles. The van der Waals surface area contributed by atoms with Gasteiger partial charge >= 0.3 is 42.2 Å². The Kier molecular flexibility index (Phi) is 41.8. The smallest absolute Gasteiger partial charge is 0.413 e. The summed E-state index contributed by atoms with van der Waals surface area (Å²) in [4.78, 5) is 144. The number of carbonyl (C=O) groups excluding carboxylic acids is 4. The Morgan fingerprint density at radius 3 is 1.24 bits per heavy atom. The first kappa shape index (κ1) is 74.4. The first-order chi connectivity index (χ1) is 36.9. The van der Waals surface area contributed by atoms with E-state index in [1.165, 1.54) is 6.92 Å². The van der Waals surface area contributed by atoms with E-state index in [2.05, 4.69) is 45.4 Å². The van der Waals surface area contributed by atoms with Crippen molar-refractivity contribution in [2.45, 2.75) is 137 Å². The van der Waals surface area contributed by atoms with Crippen molar-refractivity contribution in [1.29, 1.82) is 0 Å². The lowest BCUT2D eigenvalue weighted by Crippen LogP contribution is -2.43. The predicted octanol–water partition coefficient (Wildman–Crippen LogP) is 3.99. The van der Waals surface area contributed by atoms with Crippen LogP contribution in [0.5, 0.6) is 5.75 Å². The van der Waals surface area contributed by atoms with Gasteiger partial charge in [-0.15, -0.1) is 40.5 Å². The summed E-state index contributed by atoms with van der Waals surface area (Å²) in [5, 5.41) is 80.2. The van der Waals surface area contributed by atoms with E-state index in [4.69, 9.17) is 29.9 Å². The number of alkyl carbamates (subject to hydrolysis) is 2. The lowest BCUT2D eigenvalue weighted by molar-refractivity contribution is -0.757. The number of carbonyl (C=O) groups is 8. The van der Waals surface area contributed by atoms with Crippen LogP contribution in [0.25, 0.3) is 0 Å². The molecule has 0 fully saturated rings. The van der Waals surface area contributed by atoms with Crippen LogP contribution in [0, 0.1) is 58.2 Å². The maximum atomic E-state index is 11.9. The highest BCUT2D eigenvalue weighted by Crippen LogP contribution is 2.16. The highest BCUT2D eigenvalue weighted by molar-refractivity contribution is 5.83. The van der Waals surface area contributed by atoms with Crippen LogP contribution in [0.1, 0.15) is 112 Å². The molecule has 0 aliphatic heterocycles. The molecule has 0 saturated heterocycles. The average molecular weight is 1150 g/mol. The Morgan fingerprint density at radius 2 is 0.848 bits per heavy atom. The zero-order chi connectivity index (χ0) is 61.0. The quantitative estimate of drug-likeness (QED) is 0.0267. The minimum Gasteiger partial charge on any atom is -0.480 e. The molecule has 79 heavy (non-hydrogen) atoms. The molecule has 35 nitrogen and oxygen atoms in total. The van der Waals surface area contributed by atoms with Crippen LogP contribution < -0.4 is 26.0 Å². The van der Waals surface area contributed by atoms with Gasteiger partial charge in [0.1, 0.15) is 29.9 Å². The Labute approximate surface area is 451 Å². The van der Waals surface area contributed by atoms with Crippen LogP contribution in [0.4, 0.5) is 14.4 Å². The number of hydrogen-bond acceptors (Lipinski definition) is 23. The molecule has 0 aliphatic carbocycles. The fraction of sp³-hybridized carbons (Fsp3) is 0.682. The van der Waals surface area contributed by atoms with Crippen molar-refractivity contribution in [1.82, 2.24) is 21.3 Å². The molecule has 0 bridgehead atoms. The van der Waals surface area contributed by atoms with Crippen LogP contribution in [-0.4, -0.2) is 153 Å². The molecule has 1 aromatic rings. The largest absolute Gasteiger partial charge is 0.480 e. The van der Waals surface area contributed by atoms with Gasteiger partial charge in [-0.1, -0.05) is 53.7 Å². The van der Waals surface area contributed by atoms with E-state index >= 15 is 0 Å². The molecular weight excluding hydrogens is 1070 g/mol. The van der Waals surface area contributed by atoms with Crippen LogP contribution in [-0.2, 0) is 59.2 Å². The topological polar surface area (TPSA) is 503 Å². The molecule has 0 radical (unpaired) electrons. The Balaban J connectivity index is -0.000000991. The van der Waals surface area contributed by atoms with E-state index in [-0.39, 0.29) is 88.8 Å². The Morgan fingerprint density at radius 1 is 0.481 bits per heavy atom. The van der Waals surface area contributed by atoms with Crippen molar-refractivity contribution in [3.63, 3.8) is 0 Å². The number of nitrogens with one attached hydrogen (secondary N) is 4. The Bertz CT molecular complexity index is 2060. The van der Waals surface area contributed by atoms with Gasteiger partial charge in [-0.05, 0) is 93.7 Å². The van der Waals surface area contributed by atoms with E-state index in [1.807, 2.05) is 41.5 Å². The molecule has 35 heteroatoms. The van der Waals surface area contributed by atoms with Crippen LogP contribution in [0.2, 0.25) is 0 Å². The van der Waals surface area contributed by atoms with Gasteiger partial charge in [-0.3, -0.25) is 9.59 Å². The zero-order valence-corrected chi connectivity index (χ0v) is 44.6. The van der Waals surface area contributed by atoms with E-state index in [0.717, 1.165) is 5.56 Å². The predicted molar refractivity (Wildman–Crippen MR) is 266 cm³/mol. The summed E-state index contributed by atoms with van der Waals surface area (Å²) >= 11 is 0. The molecule has 0 spiro atoms. The molecule has 0 saturated carbocycles. The average Bonchev–Trinajstić information content (AvgIpc) is 3.32. The fourth-order valence-electron chi connectivity index (χ4n) is 5.52. The monoisotopic (exact) mass is 1140 g/mol. The molecule has 4 unspecified atom stereocenters. The number of nitrogens with zero attached hydrogens (tertiary/aromatic N) is 4. The van der Waals surface area contributed by atoms with Gasteiger partial charge in [0.15, 0.2) is 0 Å². The third-order valence-electron chi connectivity index (χ3n) is 8.99. The molecule has 0 aromatic heterocycles. The Hall–Kier alpha value is -8.82. The van der Waals surface area contributed by atoms with Gasteiger partial charge in [-0.25, -0.2) is 28.8 Å². The number of ether oxygens (including phenoxy) is 3. The minimum absolute atomic E-state index is 0.00847. The van der Waals surface area contributed by atoms with Crippen molar-refractivity contribution in [2.24, 2.45) is 17.8 Å². The summed E-state index contributed by atoms with van der Waals surface area (Å²) in [6.45, 7) is 11.9. The molecule has 0 heterocycles. The zero-order valence-electron chi connectivity index (χ0n) is 44.6. The second-order valence-corrected chi connectivity index (χ2v) is 17.4. The first-order valence-corrected chi connectivity index (χ1v) is 24.1. The molecule has 450 valence electrons. The summed E-state index contributed by atoms with van der Waals surface area (Å²) in [6.07, 6.45) is 0.373. The van der Waals surface area contributed by atoms with Crippen molar-refractivity contribution >= 4 is 48.1 Å². The number of carboxylic acids is 4. The number of rotatable bonds is 36. The minimum atomic E-state index is -1.14. The van der Waals surface area contributed by atoms with E-state index in [9.17, 15) is 78.8 Å². The van der Waals surface area contributed by atoms with Crippen LogP contribution >= 0.6 is 0 Å². The molecular formula is C44H72N8O27. The van der Waals surface area contributed by atoms with Crippen LogP contribution in [0.15, 0.2) is 24.3 Å². The maximum absolute atomic E-state index is 11.9. The third-order valence-corrected chi connectivity index (χ3v) is 8.99. The standard InChI is InChI=1S/C16H22N2O7.C11H20N2O7.C10H18N2O7.C7H12N2O6/c1-11(2)9-14(15(19)20)17-16(21)25-13-7-3-5-12(10-13)6-4-8-24-18(22)23;1-8(2)7-9(10(14)15)12-11(16)19-5-3-4-6-20-13(17)18;1-7(2)6-8(9(13)14)11-10(15)18-4-3-5-19-12(16)17;1-5(7(11)12)8-6(10)3-2-4-15-9(13)14/h3,5,7,10-11,14H,4,6,8-9H2,1-2H3,(H,17,21)(H,19,20);8-9H,3-7H2,1-2H3,(H,12,16)(H,14,15);7-8H,3-6H2,1-2H3,(H,11,15)(H,13,14);5H,2-4H2,1H3,(H,8,10)(H,11,12). The van der Waals surface area contributed by atoms with Gasteiger partial charge < -0.3 is 75.3 Å².